The number of benzene rings is 4. The average molecular weight is 667 g/mol. The molecule has 0 saturated heterocycles. The minimum absolute atomic E-state index is 0.0172. The lowest BCUT2D eigenvalue weighted by molar-refractivity contribution is 0.371. The van der Waals surface area contributed by atoms with Gasteiger partial charge in [-0.2, -0.15) is 33.7 Å². The van der Waals surface area contributed by atoms with E-state index in [9.17, 15) is 47.9 Å². The second-order valence-electron chi connectivity index (χ2n) is 7.93. The average Bonchev–Trinajstić information content (AvgIpc) is 2.80. The molecule has 0 saturated carbocycles. The largest absolute Gasteiger partial charge is 0.503 e. The smallest absolute Gasteiger partial charge is 0.446 e. The Labute approximate surface area is 236 Å². The van der Waals surface area contributed by atoms with Gasteiger partial charge in [-0.15, -0.1) is 10.2 Å². The first-order valence-electron chi connectivity index (χ1n) is 10.5. The molecule has 0 unspecified atom stereocenters. The lowest BCUT2D eigenvalue weighted by atomic mass is 10.1. The van der Waals surface area contributed by atoms with Gasteiger partial charge in [0.1, 0.15) is 16.3 Å². The highest BCUT2D eigenvalue weighted by Gasteiger charge is 2.25. The van der Waals surface area contributed by atoms with Crippen LogP contribution in [0.5, 0.6) is 23.0 Å². The highest BCUT2D eigenvalue weighted by atomic mass is 32.3. The Kier molecular flexibility index (Phi) is 7.77. The molecule has 18 nitrogen and oxygen atoms in total. The molecule has 4 rings (SSSR count). The summed E-state index contributed by atoms with van der Waals surface area (Å²) in [5, 5.41) is 17.4. The number of azo groups is 1. The van der Waals surface area contributed by atoms with Crippen LogP contribution in [0.2, 0.25) is 0 Å². The van der Waals surface area contributed by atoms with Crippen molar-refractivity contribution in [3.63, 3.8) is 0 Å². The SMILES string of the molecule is O=S(=O)(O)Oc1cc(OS(=O)(=O)O)c2c(N=Nc3ccc(S(=O)(=O)O)c4ccccc34)c(O)c(OS(=O)(=O)O)cc2c1. The van der Waals surface area contributed by atoms with Crippen LogP contribution in [0.25, 0.3) is 21.5 Å². The fourth-order valence-electron chi connectivity index (χ4n) is 3.72. The van der Waals surface area contributed by atoms with Gasteiger partial charge in [0.05, 0.1) is 11.1 Å². The second kappa shape index (κ2) is 10.6. The molecule has 4 aromatic carbocycles. The van der Waals surface area contributed by atoms with E-state index in [-0.39, 0.29) is 16.5 Å². The number of hydrogen-bond donors (Lipinski definition) is 5. The van der Waals surface area contributed by atoms with E-state index in [4.69, 9.17) is 9.11 Å². The maximum Gasteiger partial charge on any atom is 0.446 e. The first-order chi connectivity index (χ1) is 19.2. The molecular formula is C20H14N2O16S4. The van der Waals surface area contributed by atoms with E-state index in [1.54, 1.807) is 0 Å². The van der Waals surface area contributed by atoms with Crippen molar-refractivity contribution in [2.75, 3.05) is 0 Å². The number of fused-ring (bicyclic) bond motifs is 2. The molecule has 0 fully saturated rings. The van der Waals surface area contributed by atoms with Gasteiger partial charge < -0.3 is 17.7 Å². The summed E-state index contributed by atoms with van der Waals surface area (Å²) in [6, 6.07) is 9.54. The van der Waals surface area contributed by atoms with E-state index in [1.807, 2.05) is 0 Å². The highest BCUT2D eigenvalue weighted by Crippen LogP contribution is 2.49. The van der Waals surface area contributed by atoms with Crippen LogP contribution in [0, 0.1) is 0 Å². The van der Waals surface area contributed by atoms with E-state index in [0.29, 0.717) is 12.1 Å². The van der Waals surface area contributed by atoms with E-state index < -0.39 is 85.7 Å². The molecule has 224 valence electrons. The molecule has 0 aliphatic heterocycles. The highest BCUT2D eigenvalue weighted by molar-refractivity contribution is 7.86. The molecular weight excluding hydrogens is 652 g/mol. The van der Waals surface area contributed by atoms with Gasteiger partial charge >= 0.3 is 31.2 Å². The minimum atomic E-state index is -5.38. The molecule has 0 aliphatic carbocycles. The second-order valence-corrected chi connectivity index (χ2v) is 12.4. The van der Waals surface area contributed by atoms with Gasteiger partial charge in [0.15, 0.2) is 17.2 Å². The number of nitrogens with zero attached hydrogens (tertiary/aromatic N) is 2. The molecule has 0 spiro atoms. The molecule has 0 radical (unpaired) electrons. The van der Waals surface area contributed by atoms with Crippen LogP contribution in [0.15, 0.2) is 69.7 Å². The van der Waals surface area contributed by atoms with Crippen molar-refractivity contribution in [3.05, 3.63) is 54.6 Å². The Bertz CT molecular complexity index is 2230. The van der Waals surface area contributed by atoms with Gasteiger partial charge in [-0.1, -0.05) is 24.3 Å². The van der Waals surface area contributed by atoms with Crippen LogP contribution < -0.4 is 12.5 Å². The Morgan fingerprint density at radius 1 is 0.619 bits per heavy atom. The Balaban J connectivity index is 2.07. The van der Waals surface area contributed by atoms with Gasteiger partial charge in [0.2, 0.25) is 0 Å². The summed E-state index contributed by atoms with van der Waals surface area (Å²) in [6.45, 7) is 0. The van der Waals surface area contributed by atoms with Crippen LogP contribution in [-0.2, 0) is 41.3 Å². The minimum Gasteiger partial charge on any atom is -0.503 e. The van der Waals surface area contributed by atoms with Crippen LogP contribution in [0.3, 0.4) is 0 Å². The third kappa shape index (κ3) is 7.18. The van der Waals surface area contributed by atoms with Crippen molar-refractivity contribution in [2.24, 2.45) is 10.2 Å². The zero-order valence-corrected chi connectivity index (χ0v) is 23.2. The first-order valence-corrected chi connectivity index (χ1v) is 16.0. The lowest BCUT2D eigenvalue weighted by Crippen LogP contribution is -2.10. The Hall–Kier alpha value is -4.16. The van der Waals surface area contributed by atoms with Gasteiger partial charge in [0.25, 0.3) is 10.1 Å². The quantitative estimate of drug-likeness (QED) is 0.127. The fourth-order valence-corrected chi connectivity index (χ4v) is 5.47. The topological polar surface area (TPSA) is 290 Å². The van der Waals surface area contributed by atoms with E-state index in [2.05, 4.69) is 22.8 Å². The summed E-state index contributed by atoms with van der Waals surface area (Å²) in [7, 11) is -20.6. The van der Waals surface area contributed by atoms with Crippen molar-refractivity contribution in [2.45, 2.75) is 4.90 Å². The molecule has 22 heteroatoms. The number of phenols is 1. The van der Waals surface area contributed by atoms with Crippen LogP contribution in [-0.4, -0.2) is 57.0 Å². The molecule has 0 aromatic heterocycles. The molecule has 0 aliphatic rings. The molecule has 0 atom stereocenters. The number of rotatable bonds is 9. The number of aromatic hydroxyl groups is 1. The normalized spacial score (nSPS) is 13.0. The first kappa shape index (κ1) is 30.8. The van der Waals surface area contributed by atoms with Crippen molar-refractivity contribution in [3.8, 4) is 23.0 Å². The Morgan fingerprint density at radius 3 is 1.76 bits per heavy atom. The van der Waals surface area contributed by atoms with Crippen molar-refractivity contribution in [1.82, 2.24) is 0 Å². The van der Waals surface area contributed by atoms with Gasteiger partial charge in [0, 0.05) is 16.8 Å². The summed E-state index contributed by atoms with van der Waals surface area (Å²) in [5.41, 5.74) is -0.971. The summed E-state index contributed by atoms with van der Waals surface area (Å²) >= 11 is 0. The molecule has 0 bridgehead atoms. The van der Waals surface area contributed by atoms with E-state index in [0.717, 1.165) is 18.2 Å². The van der Waals surface area contributed by atoms with E-state index in [1.165, 1.54) is 24.3 Å². The summed E-state index contributed by atoms with van der Waals surface area (Å²) in [5.74, 6) is -4.14. The molecule has 42 heavy (non-hydrogen) atoms. The molecule has 0 amide bonds. The predicted octanol–water partition coefficient (Wildman–Crippen LogP) is 2.91. The van der Waals surface area contributed by atoms with Gasteiger partial charge in [-0.05, 0) is 29.7 Å². The third-order valence-electron chi connectivity index (χ3n) is 5.08. The molecule has 0 heterocycles. The molecule has 4 aromatic rings. The fraction of sp³-hybridized carbons (Fsp3) is 0. The zero-order chi connectivity index (χ0) is 31.3. The summed E-state index contributed by atoms with van der Waals surface area (Å²) < 4.78 is 142. The number of hydrogen-bond acceptors (Lipinski definition) is 14. The predicted molar refractivity (Wildman–Crippen MR) is 140 cm³/mol. The summed E-state index contributed by atoms with van der Waals surface area (Å²) in [4.78, 5) is -0.496. The van der Waals surface area contributed by atoms with Crippen molar-refractivity contribution >= 4 is 74.2 Å². The van der Waals surface area contributed by atoms with E-state index >= 15 is 0 Å². The lowest BCUT2D eigenvalue weighted by Gasteiger charge is -2.14. The zero-order valence-electron chi connectivity index (χ0n) is 20.0. The van der Waals surface area contributed by atoms with Crippen LogP contribution in [0.4, 0.5) is 11.4 Å². The van der Waals surface area contributed by atoms with Gasteiger partial charge in [-0.25, -0.2) is 0 Å². The standard InChI is InChI=1S/C20H14N2O16S4/c23-20-16(38-42(33,34)35)8-10-7-11(36-40(27,28)29)9-15(37-41(30,31)32)18(10)19(20)22-21-14-5-6-17(39(24,25)26)13-4-2-1-3-12(13)14/h1-9,23H,(H,24,25,26)(H,27,28,29)(H,30,31,32)(H,33,34,35). The van der Waals surface area contributed by atoms with Crippen molar-refractivity contribution in [1.29, 1.82) is 0 Å². The maximum atomic E-state index is 11.8. The van der Waals surface area contributed by atoms with Crippen LogP contribution in [0.1, 0.15) is 0 Å². The Morgan fingerprint density at radius 2 is 1.19 bits per heavy atom. The summed E-state index contributed by atoms with van der Waals surface area (Å²) in [6.07, 6.45) is 0. The molecule has 5 N–H and O–H groups in total. The monoisotopic (exact) mass is 666 g/mol. The number of phenolic OH excluding ortho intramolecular Hbond substituents is 1. The third-order valence-corrected chi connectivity index (χ3v) is 7.17. The van der Waals surface area contributed by atoms with Crippen LogP contribution >= 0.6 is 0 Å². The maximum absolute atomic E-state index is 11.8. The van der Waals surface area contributed by atoms with Crippen molar-refractivity contribution < 1.29 is 69.5 Å². The van der Waals surface area contributed by atoms with Gasteiger partial charge in [-0.3, -0.25) is 18.2 Å².